The van der Waals surface area contributed by atoms with Crippen LogP contribution in [0.4, 0.5) is 0 Å². The molecule has 0 amide bonds. The molecule has 1 N–H and O–H groups in total. The Morgan fingerprint density at radius 2 is 0.636 bits per heavy atom. The Hall–Kier alpha value is -0.0400. The molecule has 1 heteroatoms. The van der Waals surface area contributed by atoms with Crippen molar-refractivity contribution in [2.75, 3.05) is 6.61 Å². The van der Waals surface area contributed by atoms with Crippen molar-refractivity contribution in [1.82, 2.24) is 0 Å². The summed E-state index contributed by atoms with van der Waals surface area (Å²) in [4.78, 5) is 0. The van der Waals surface area contributed by atoms with Crippen LogP contribution in [0.3, 0.4) is 0 Å². The lowest BCUT2D eigenvalue weighted by atomic mass is 9.94. The minimum absolute atomic E-state index is 0.417. The quantitative estimate of drug-likeness (QED) is 0.551. The van der Waals surface area contributed by atoms with Gasteiger partial charge in [-0.3, -0.25) is 0 Å². The molecule has 0 aromatic carbocycles. The Labute approximate surface area is 140 Å². The van der Waals surface area contributed by atoms with Gasteiger partial charge >= 0.3 is 0 Å². The predicted molar refractivity (Wildman–Crippen MR) is 98.3 cm³/mol. The molecule has 0 unspecified atom stereocenters. The number of rotatable bonds is 1. The van der Waals surface area contributed by atoms with Crippen LogP contribution < -0.4 is 0 Å². The Morgan fingerprint density at radius 1 is 0.409 bits per heavy atom. The first-order valence-electron chi connectivity index (χ1n) is 10.5. The third kappa shape index (κ3) is 12.5. The van der Waals surface area contributed by atoms with Gasteiger partial charge < -0.3 is 5.11 Å². The zero-order valence-corrected chi connectivity index (χ0v) is 15.2. The summed E-state index contributed by atoms with van der Waals surface area (Å²) >= 11 is 0. The van der Waals surface area contributed by atoms with Crippen LogP contribution in [0.15, 0.2) is 0 Å². The summed E-state index contributed by atoms with van der Waals surface area (Å²) in [5.41, 5.74) is 0. The molecule has 1 nitrogen and oxygen atoms in total. The summed E-state index contributed by atoms with van der Waals surface area (Å²) in [5, 5.41) is 9.50. The average molecular weight is 311 g/mol. The van der Waals surface area contributed by atoms with E-state index >= 15 is 0 Å². The molecule has 0 bridgehead atoms. The zero-order valence-electron chi connectivity index (χ0n) is 15.2. The molecule has 0 spiro atoms. The molecular weight excluding hydrogens is 268 g/mol. The average Bonchev–Trinajstić information content (AvgIpc) is 2.54. The van der Waals surface area contributed by atoms with Crippen molar-refractivity contribution in [3.05, 3.63) is 0 Å². The zero-order chi connectivity index (χ0) is 15.7. The highest BCUT2D eigenvalue weighted by atomic mass is 16.3. The van der Waals surface area contributed by atoms with Crippen LogP contribution >= 0.6 is 0 Å². The highest BCUT2D eigenvalue weighted by Crippen LogP contribution is 2.20. The lowest BCUT2D eigenvalue weighted by Crippen LogP contribution is -2.06. The molecule has 1 aliphatic rings. The summed E-state index contributed by atoms with van der Waals surface area (Å²) in [6.07, 6.45) is 26.8. The van der Waals surface area contributed by atoms with Gasteiger partial charge in [-0.05, 0) is 18.8 Å². The monoisotopic (exact) mass is 310 g/mol. The Balaban J connectivity index is 2.13. The minimum atomic E-state index is 0.417. The van der Waals surface area contributed by atoms with E-state index < -0.39 is 0 Å². The van der Waals surface area contributed by atoms with Crippen LogP contribution in [0.1, 0.15) is 122 Å². The van der Waals surface area contributed by atoms with E-state index in [1.807, 2.05) is 0 Å². The van der Waals surface area contributed by atoms with Crippen LogP contribution in [-0.2, 0) is 0 Å². The van der Waals surface area contributed by atoms with Gasteiger partial charge in [-0.1, -0.05) is 109 Å². The van der Waals surface area contributed by atoms with E-state index in [1.165, 1.54) is 122 Å². The van der Waals surface area contributed by atoms with E-state index in [2.05, 4.69) is 0 Å². The van der Waals surface area contributed by atoms with Crippen molar-refractivity contribution in [3.63, 3.8) is 0 Å². The predicted octanol–water partition coefficient (Wildman–Crippen LogP) is 7.02. The smallest absolute Gasteiger partial charge is 0.0459 e. The minimum Gasteiger partial charge on any atom is -0.396 e. The fourth-order valence-corrected chi connectivity index (χ4v) is 3.84. The first-order valence-corrected chi connectivity index (χ1v) is 10.5. The summed E-state index contributed by atoms with van der Waals surface area (Å²) in [6.45, 7) is 0.417. The molecule has 0 saturated heterocycles. The van der Waals surface area contributed by atoms with Gasteiger partial charge in [0, 0.05) is 6.61 Å². The van der Waals surface area contributed by atoms with Crippen molar-refractivity contribution in [2.24, 2.45) is 5.92 Å². The summed E-state index contributed by atoms with van der Waals surface area (Å²) < 4.78 is 0. The molecule has 132 valence electrons. The molecule has 1 rings (SSSR count). The second-order valence-electron chi connectivity index (χ2n) is 7.64. The second kappa shape index (κ2) is 15.8. The third-order valence-electron chi connectivity index (χ3n) is 5.48. The lowest BCUT2D eigenvalue weighted by molar-refractivity contribution is 0.204. The van der Waals surface area contributed by atoms with Gasteiger partial charge in [-0.25, -0.2) is 0 Å². The standard InChI is InChI=1S/C21H42O/c22-20-21-18-16-14-12-10-8-6-4-2-1-3-5-7-9-11-13-15-17-19-21/h21-22H,1-20H2. The largest absolute Gasteiger partial charge is 0.396 e. The van der Waals surface area contributed by atoms with Crippen LogP contribution in [0.25, 0.3) is 0 Å². The van der Waals surface area contributed by atoms with E-state index in [9.17, 15) is 5.11 Å². The summed E-state index contributed by atoms with van der Waals surface area (Å²) in [5.74, 6) is 0.589. The Morgan fingerprint density at radius 3 is 0.864 bits per heavy atom. The molecule has 0 radical (unpaired) electrons. The van der Waals surface area contributed by atoms with E-state index in [0.717, 1.165) is 0 Å². The first-order chi connectivity index (χ1) is 10.9. The highest BCUT2D eigenvalue weighted by molar-refractivity contribution is 4.60. The van der Waals surface area contributed by atoms with Crippen molar-refractivity contribution >= 4 is 0 Å². The van der Waals surface area contributed by atoms with Crippen LogP contribution in [0.5, 0.6) is 0 Å². The van der Waals surface area contributed by atoms with Gasteiger partial charge in [0.1, 0.15) is 0 Å². The van der Waals surface area contributed by atoms with Crippen LogP contribution in [-0.4, -0.2) is 11.7 Å². The number of hydrogen-bond donors (Lipinski definition) is 1. The maximum Gasteiger partial charge on any atom is 0.0459 e. The Bertz CT molecular complexity index is 194. The van der Waals surface area contributed by atoms with Gasteiger partial charge in [0.25, 0.3) is 0 Å². The maximum absolute atomic E-state index is 9.50. The molecule has 0 atom stereocenters. The SMILES string of the molecule is OCC1CCCCCCCCCCCCCCCCCCC1. The summed E-state index contributed by atoms with van der Waals surface area (Å²) in [7, 11) is 0. The first kappa shape index (κ1) is 20.0. The van der Waals surface area contributed by atoms with E-state index in [-0.39, 0.29) is 0 Å². The maximum atomic E-state index is 9.50. The normalized spacial score (nSPS) is 23.9. The van der Waals surface area contributed by atoms with Gasteiger partial charge in [0.2, 0.25) is 0 Å². The van der Waals surface area contributed by atoms with Crippen LogP contribution in [0.2, 0.25) is 0 Å². The van der Waals surface area contributed by atoms with Gasteiger partial charge in [0.15, 0.2) is 0 Å². The van der Waals surface area contributed by atoms with Crippen molar-refractivity contribution in [1.29, 1.82) is 0 Å². The van der Waals surface area contributed by atoms with E-state index in [4.69, 9.17) is 0 Å². The number of aliphatic hydroxyl groups is 1. The van der Waals surface area contributed by atoms with Gasteiger partial charge in [-0.15, -0.1) is 0 Å². The highest BCUT2D eigenvalue weighted by Gasteiger charge is 2.07. The molecule has 0 aliphatic heterocycles. The summed E-state index contributed by atoms with van der Waals surface area (Å²) in [6, 6.07) is 0. The molecule has 0 aromatic heterocycles. The lowest BCUT2D eigenvalue weighted by Gasteiger charge is -2.14. The number of hydrogen-bond acceptors (Lipinski definition) is 1. The van der Waals surface area contributed by atoms with Gasteiger partial charge in [0.05, 0.1) is 0 Å². The number of aliphatic hydroxyl groups excluding tert-OH is 1. The molecule has 1 fully saturated rings. The Kier molecular flexibility index (Phi) is 14.4. The van der Waals surface area contributed by atoms with E-state index in [1.54, 1.807) is 0 Å². The molecule has 1 aliphatic carbocycles. The topological polar surface area (TPSA) is 20.2 Å². The van der Waals surface area contributed by atoms with Crippen molar-refractivity contribution < 1.29 is 5.11 Å². The molecule has 1 saturated carbocycles. The molecule has 22 heavy (non-hydrogen) atoms. The van der Waals surface area contributed by atoms with Crippen molar-refractivity contribution in [2.45, 2.75) is 122 Å². The third-order valence-corrected chi connectivity index (χ3v) is 5.48. The fraction of sp³-hybridized carbons (Fsp3) is 1.00. The van der Waals surface area contributed by atoms with Gasteiger partial charge in [-0.2, -0.15) is 0 Å². The fourth-order valence-electron chi connectivity index (χ4n) is 3.84. The van der Waals surface area contributed by atoms with Crippen LogP contribution in [0, 0.1) is 5.92 Å². The van der Waals surface area contributed by atoms with Crippen molar-refractivity contribution in [3.8, 4) is 0 Å². The molecule has 0 aromatic rings. The van der Waals surface area contributed by atoms with E-state index in [0.29, 0.717) is 12.5 Å². The molecule has 0 heterocycles. The second-order valence-corrected chi connectivity index (χ2v) is 7.64. The molecular formula is C21H42O.